The number of halogens is 1. The van der Waals surface area contributed by atoms with E-state index < -0.39 is 0 Å². The third-order valence-electron chi connectivity index (χ3n) is 4.62. The standard InChI is InChI=1S/C21H34N6O.HI/c1-7-22-21(23-15-19(25(3)4)18-14-24-27(6)16-18)26(5)12-13-28-20-11-9-8-10-17(20)2;/h8-11,14,16,19H,7,12-13,15H2,1-6H3,(H,22,23);1H. The van der Waals surface area contributed by atoms with Crippen molar-refractivity contribution in [2.75, 3.05) is 47.4 Å². The van der Waals surface area contributed by atoms with E-state index in [9.17, 15) is 0 Å². The summed E-state index contributed by atoms with van der Waals surface area (Å²) >= 11 is 0. The van der Waals surface area contributed by atoms with Crippen LogP contribution in [-0.2, 0) is 7.05 Å². The summed E-state index contributed by atoms with van der Waals surface area (Å²) in [5.41, 5.74) is 2.31. The van der Waals surface area contributed by atoms with E-state index in [1.807, 2.05) is 49.4 Å². The number of ether oxygens (including phenoxy) is 1. The number of para-hydroxylation sites is 1. The lowest BCUT2D eigenvalue weighted by molar-refractivity contribution is 0.278. The van der Waals surface area contributed by atoms with Crippen molar-refractivity contribution in [3.8, 4) is 5.75 Å². The van der Waals surface area contributed by atoms with Crippen molar-refractivity contribution in [2.45, 2.75) is 19.9 Å². The van der Waals surface area contributed by atoms with E-state index in [2.05, 4.69) is 54.2 Å². The molecule has 2 aromatic rings. The average Bonchev–Trinajstić information content (AvgIpc) is 3.08. The Labute approximate surface area is 192 Å². The molecule has 1 heterocycles. The number of benzene rings is 1. The first-order valence-corrected chi connectivity index (χ1v) is 9.75. The van der Waals surface area contributed by atoms with Gasteiger partial charge in [-0.05, 0) is 39.6 Å². The number of hydrogen-bond donors (Lipinski definition) is 1. The van der Waals surface area contributed by atoms with Crippen LogP contribution in [0.1, 0.15) is 24.1 Å². The molecule has 1 N–H and O–H groups in total. The molecule has 1 unspecified atom stereocenters. The first-order chi connectivity index (χ1) is 13.4. The molecule has 0 aliphatic rings. The highest BCUT2D eigenvalue weighted by atomic mass is 127. The summed E-state index contributed by atoms with van der Waals surface area (Å²) in [7, 11) is 8.11. The fraction of sp³-hybridized carbons (Fsp3) is 0.524. The van der Waals surface area contributed by atoms with Crippen molar-refractivity contribution in [3.63, 3.8) is 0 Å². The summed E-state index contributed by atoms with van der Waals surface area (Å²) in [6, 6.07) is 8.26. The molecule has 162 valence electrons. The van der Waals surface area contributed by atoms with Gasteiger partial charge in [0.2, 0.25) is 0 Å². The van der Waals surface area contributed by atoms with Gasteiger partial charge in [-0.3, -0.25) is 9.67 Å². The van der Waals surface area contributed by atoms with E-state index in [1.165, 1.54) is 0 Å². The highest BCUT2D eigenvalue weighted by molar-refractivity contribution is 14.0. The Morgan fingerprint density at radius 1 is 1.28 bits per heavy atom. The van der Waals surface area contributed by atoms with E-state index in [1.54, 1.807) is 0 Å². The predicted molar refractivity (Wildman–Crippen MR) is 130 cm³/mol. The molecule has 29 heavy (non-hydrogen) atoms. The molecular formula is C21H35IN6O. The van der Waals surface area contributed by atoms with Crippen LogP contribution in [0.25, 0.3) is 0 Å². The van der Waals surface area contributed by atoms with Crippen molar-refractivity contribution in [3.05, 3.63) is 47.8 Å². The number of nitrogens with zero attached hydrogens (tertiary/aromatic N) is 5. The third-order valence-corrected chi connectivity index (χ3v) is 4.62. The normalized spacial score (nSPS) is 12.4. The largest absolute Gasteiger partial charge is 0.491 e. The third kappa shape index (κ3) is 7.85. The molecule has 0 aliphatic heterocycles. The lowest BCUT2D eigenvalue weighted by Crippen LogP contribution is -2.41. The van der Waals surface area contributed by atoms with Crippen molar-refractivity contribution < 1.29 is 4.74 Å². The maximum atomic E-state index is 5.93. The van der Waals surface area contributed by atoms with Gasteiger partial charge in [0.05, 0.1) is 25.3 Å². The Morgan fingerprint density at radius 3 is 2.59 bits per heavy atom. The van der Waals surface area contributed by atoms with Crippen molar-refractivity contribution in [1.82, 2.24) is 24.9 Å². The van der Waals surface area contributed by atoms with E-state index >= 15 is 0 Å². The van der Waals surface area contributed by atoms with E-state index in [4.69, 9.17) is 9.73 Å². The first-order valence-electron chi connectivity index (χ1n) is 9.75. The van der Waals surface area contributed by atoms with Gasteiger partial charge in [0.25, 0.3) is 0 Å². The van der Waals surface area contributed by atoms with Gasteiger partial charge < -0.3 is 19.9 Å². The van der Waals surface area contributed by atoms with Gasteiger partial charge in [0.1, 0.15) is 12.4 Å². The Kier molecular flexibility index (Phi) is 11.0. The molecule has 0 spiro atoms. The molecule has 0 fully saturated rings. The Bertz CT molecular complexity index is 761. The average molecular weight is 514 g/mol. The SMILES string of the molecule is CCNC(=NCC(c1cnn(C)c1)N(C)C)N(C)CCOc1ccccc1C.I. The minimum Gasteiger partial charge on any atom is -0.491 e. The molecule has 1 aromatic carbocycles. The van der Waals surface area contributed by atoms with Crippen LogP contribution in [0.15, 0.2) is 41.7 Å². The Hall–Kier alpha value is -1.81. The number of guanidine groups is 1. The van der Waals surface area contributed by atoms with Crippen molar-refractivity contribution in [2.24, 2.45) is 12.0 Å². The van der Waals surface area contributed by atoms with Crippen LogP contribution in [0.5, 0.6) is 5.75 Å². The monoisotopic (exact) mass is 514 g/mol. The fourth-order valence-corrected chi connectivity index (χ4v) is 2.94. The Morgan fingerprint density at radius 2 is 2.00 bits per heavy atom. The van der Waals surface area contributed by atoms with Gasteiger partial charge in [-0.15, -0.1) is 24.0 Å². The predicted octanol–water partition coefficient (Wildman–Crippen LogP) is 2.93. The fourth-order valence-electron chi connectivity index (χ4n) is 2.94. The zero-order valence-corrected chi connectivity index (χ0v) is 20.8. The lowest BCUT2D eigenvalue weighted by Gasteiger charge is -2.25. The summed E-state index contributed by atoms with van der Waals surface area (Å²) in [5, 5.41) is 7.67. The van der Waals surface area contributed by atoms with Crippen molar-refractivity contribution in [1.29, 1.82) is 0 Å². The molecule has 7 nitrogen and oxygen atoms in total. The highest BCUT2D eigenvalue weighted by Crippen LogP contribution is 2.18. The van der Waals surface area contributed by atoms with Crippen LogP contribution in [0.2, 0.25) is 0 Å². The summed E-state index contributed by atoms with van der Waals surface area (Å²) < 4.78 is 7.76. The van der Waals surface area contributed by atoms with Gasteiger partial charge in [-0.2, -0.15) is 5.10 Å². The highest BCUT2D eigenvalue weighted by Gasteiger charge is 2.16. The number of aromatic nitrogens is 2. The molecule has 0 radical (unpaired) electrons. The minimum absolute atomic E-state index is 0. The Balaban J connectivity index is 0.00000420. The van der Waals surface area contributed by atoms with E-state index in [-0.39, 0.29) is 30.0 Å². The molecule has 2 rings (SSSR count). The maximum Gasteiger partial charge on any atom is 0.193 e. The molecule has 8 heteroatoms. The van der Waals surface area contributed by atoms with Crippen molar-refractivity contribution >= 4 is 29.9 Å². The quantitative estimate of drug-likeness (QED) is 0.317. The summed E-state index contributed by atoms with van der Waals surface area (Å²) in [4.78, 5) is 9.14. The molecule has 0 aliphatic carbocycles. The number of aryl methyl sites for hydroxylation is 2. The zero-order valence-electron chi connectivity index (χ0n) is 18.4. The number of likely N-dealkylation sites (N-methyl/N-ethyl adjacent to an activating group) is 2. The van der Waals surface area contributed by atoms with E-state index in [0.717, 1.165) is 35.9 Å². The molecule has 0 saturated heterocycles. The molecule has 0 saturated carbocycles. The topological polar surface area (TPSA) is 57.9 Å². The molecular weight excluding hydrogens is 479 g/mol. The van der Waals surface area contributed by atoms with Crippen LogP contribution in [0, 0.1) is 6.92 Å². The number of hydrogen-bond acceptors (Lipinski definition) is 4. The van der Waals surface area contributed by atoms with Crippen LogP contribution >= 0.6 is 24.0 Å². The van der Waals surface area contributed by atoms with Crippen LogP contribution in [0.4, 0.5) is 0 Å². The summed E-state index contributed by atoms with van der Waals surface area (Å²) in [6.45, 7) is 6.97. The lowest BCUT2D eigenvalue weighted by atomic mass is 10.1. The molecule has 1 atom stereocenters. The van der Waals surface area contributed by atoms with Crippen LogP contribution in [-0.4, -0.2) is 72.9 Å². The smallest absolute Gasteiger partial charge is 0.193 e. The molecule has 0 amide bonds. The van der Waals surface area contributed by atoms with Crippen LogP contribution < -0.4 is 10.1 Å². The molecule has 1 aromatic heterocycles. The minimum atomic E-state index is 0. The van der Waals surface area contributed by atoms with Gasteiger partial charge >= 0.3 is 0 Å². The second kappa shape index (κ2) is 12.7. The summed E-state index contributed by atoms with van der Waals surface area (Å²) in [6.07, 6.45) is 3.96. The first kappa shape index (κ1) is 25.2. The second-order valence-electron chi connectivity index (χ2n) is 7.16. The number of rotatable bonds is 9. The van der Waals surface area contributed by atoms with Gasteiger partial charge in [-0.25, -0.2) is 0 Å². The van der Waals surface area contributed by atoms with Gasteiger partial charge in [0.15, 0.2) is 5.96 Å². The van der Waals surface area contributed by atoms with Gasteiger partial charge in [0, 0.05) is 32.4 Å². The summed E-state index contributed by atoms with van der Waals surface area (Å²) in [5.74, 6) is 1.81. The van der Waals surface area contributed by atoms with E-state index in [0.29, 0.717) is 13.2 Å². The maximum absolute atomic E-state index is 5.93. The van der Waals surface area contributed by atoms with Crippen LogP contribution in [0.3, 0.4) is 0 Å². The zero-order chi connectivity index (χ0) is 20.5. The number of nitrogens with one attached hydrogen (secondary N) is 1. The van der Waals surface area contributed by atoms with Gasteiger partial charge in [-0.1, -0.05) is 18.2 Å². The molecule has 0 bridgehead atoms. The second-order valence-corrected chi connectivity index (χ2v) is 7.16. The number of aliphatic imine (C=N–C) groups is 1.